The number of rotatable bonds is 3. The van der Waals surface area contributed by atoms with E-state index in [1.807, 2.05) is 20.8 Å². The minimum atomic E-state index is -1.49. The topological polar surface area (TPSA) is 63.6 Å². The van der Waals surface area contributed by atoms with E-state index in [1.165, 1.54) is 13.8 Å². The number of hydrogen-bond acceptors (Lipinski definition) is 3. The fourth-order valence-corrected chi connectivity index (χ4v) is 2.34. The van der Waals surface area contributed by atoms with Gasteiger partial charge in [-0.25, -0.2) is 0 Å². The molecule has 4 heteroatoms. The van der Waals surface area contributed by atoms with Crippen molar-refractivity contribution in [2.75, 3.05) is 0 Å². The van der Waals surface area contributed by atoms with E-state index in [0.29, 0.717) is 0 Å². The van der Waals surface area contributed by atoms with Crippen molar-refractivity contribution in [3.63, 3.8) is 0 Å². The highest BCUT2D eigenvalue weighted by molar-refractivity contribution is 5.98. The van der Waals surface area contributed by atoms with Crippen molar-refractivity contribution in [1.29, 1.82) is 0 Å². The molecule has 4 nitrogen and oxygen atoms in total. The average molecular weight is 256 g/mol. The monoisotopic (exact) mass is 256 g/mol. The fourth-order valence-electron chi connectivity index (χ4n) is 2.34. The zero-order valence-electron chi connectivity index (χ0n) is 12.0. The van der Waals surface area contributed by atoms with Gasteiger partial charge in [0.1, 0.15) is 5.60 Å². The minimum absolute atomic E-state index is 0.173. The summed E-state index contributed by atoms with van der Waals surface area (Å²) in [6, 6.07) is 0. The van der Waals surface area contributed by atoms with Crippen LogP contribution in [0, 0.1) is 10.8 Å². The zero-order chi connectivity index (χ0) is 14.2. The first kappa shape index (κ1) is 15.0. The predicted molar refractivity (Wildman–Crippen MR) is 68.2 cm³/mol. The summed E-state index contributed by atoms with van der Waals surface area (Å²) in [5.41, 5.74) is -2.18. The molecule has 1 aliphatic rings. The van der Waals surface area contributed by atoms with E-state index in [-0.39, 0.29) is 5.41 Å². The molecule has 0 aromatic heterocycles. The quantitative estimate of drug-likeness (QED) is 0.622. The van der Waals surface area contributed by atoms with Gasteiger partial charge < -0.3 is 9.84 Å². The Morgan fingerprint density at radius 1 is 1.06 bits per heavy atom. The van der Waals surface area contributed by atoms with Crippen LogP contribution in [0.1, 0.15) is 60.3 Å². The average Bonchev–Trinajstić information content (AvgIpc) is 2.66. The van der Waals surface area contributed by atoms with Gasteiger partial charge in [0.15, 0.2) is 5.41 Å². The third-order valence-corrected chi connectivity index (χ3v) is 4.11. The Labute approximate surface area is 109 Å². The van der Waals surface area contributed by atoms with Gasteiger partial charge in [0.2, 0.25) is 0 Å². The molecule has 0 atom stereocenters. The first-order valence-electron chi connectivity index (χ1n) is 6.50. The second-order valence-corrected chi connectivity index (χ2v) is 6.77. The predicted octanol–water partition coefficient (Wildman–Crippen LogP) is 3.00. The van der Waals surface area contributed by atoms with Crippen LogP contribution in [0.2, 0.25) is 0 Å². The molecule has 0 aromatic carbocycles. The van der Waals surface area contributed by atoms with E-state index in [2.05, 4.69) is 0 Å². The summed E-state index contributed by atoms with van der Waals surface area (Å²) < 4.78 is 5.67. The molecule has 0 unspecified atom stereocenters. The molecule has 1 fully saturated rings. The summed E-state index contributed by atoms with van der Waals surface area (Å²) in [5.74, 6) is -1.78. The summed E-state index contributed by atoms with van der Waals surface area (Å²) in [6.07, 6.45) is 3.69. The SMILES string of the molecule is CC(C)(C(=O)O)C(=O)OC1(C(C)(C)C)CCCC1. The number of carboxylic acids is 1. The van der Waals surface area contributed by atoms with E-state index in [4.69, 9.17) is 9.84 Å². The Hall–Kier alpha value is -1.06. The minimum Gasteiger partial charge on any atom is -0.480 e. The summed E-state index contributed by atoms with van der Waals surface area (Å²) >= 11 is 0. The molecule has 1 aliphatic carbocycles. The first-order chi connectivity index (χ1) is 8.03. The lowest BCUT2D eigenvalue weighted by Gasteiger charge is -2.42. The summed E-state index contributed by atoms with van der Waals surface area (Å²) in [7, 11) is 0. The molecule has 104 valence electrons. The van der Waals surface area contributed by atoms with Crippen molar-refractivity contribution < 1.29 is 19.4 Å². The summed E-state index contributed by atoms with van der Waals surface area (Å²) in [6.45, 7) is 8.91. The van der Waals surface area contributed by atoms with Crippen LogP contribution < -0.4 is 0 Å². The van der Waals surface area contributed by atoms with Crippen LogP contribution in [0.25, 0.3) is 0 Å². The Kier molecular flexibility index (Phi) is 3.80. The summed E-state index contributed by atoms with van der Waals surface area (Å²) in [5, 5.41) is 9.07. The van der Waals surface area contributed by atoms with Crippen molar-refractivity contribution in [2.24, 2.45) is 10.8 Å². The van der Waals surface area contributed by atoms with Crippen LogP contribution >= 0.6 is 0 Å². The van der Waals surface area contributed by atoms with Gasteiger partial charge in [0.25, 0.3) is 0 Å². The van der Waals surface area contributed by atoms with Crippen molar-refractivity contribution >= 4 is 11.9 Å². The van der Waals surface area contributed by atoms with Gasteiger partial charge in [-0.2, -0.15) is 0 Å². The lowest BCUT2D eigenvalue weighted by molar-refractivity contribution is -0.187. The highest BCUT2D eigenvalue weighted by Crippen LogP contribution is 2.47. The van der Waals surface area contributed by atoms with Crippen molar-refractivity contribution in [1.82, 2.24) is 0 Å². The zero-order valence-corrected chi connectivity index (χ0v) is 12.0. The molecule has 0 radical (unpaired) electrons. The lowest BCUT2D eigenvalue weighted by atomic mass is 9.75. The van der Waals surface area contributed by atoms with Crippen LogP contribution in [0.15, 0.2) is 0 Å². The molecule has 0 bridgehead atoms. The molecule has 1 N–H and O–H groups in total. The van der Waals surface area contributed by atoms with E-state index in [9.17, 15) is 9.59 Å². The Bertz CT molecular complexity index is 343. The molecule has 0 amide bonds. The number of hydrogen-bond donors (Lipinski definition) is 1. The molecule has 0 heterocycles. The van der Waals surface area contributed by atoms with Crippen molar-refractivity contribution in [3.05, 3.63) is 0 Å². The standard InChI is InChI=1S/C14H24O4/c1-12(2,3)14(8-6-7-9-14)18-11(17)13(4,5)10(15)16/h6-9H2,1-5H3,(H,15,16). The van der Waals surface area contributed by atoms with E-state index in [0.717, 1.165) is 25.7 Å². The molecular weight excluding hydrogens is 232 g/mol. The number of ether oxygens (including phenoxy) is 1. The van der Waals surface area contributed by atoms with Gasteiger partial charge >= 0.3 is 11.9 Å². The van der Waals surface area contributed by atoms with E-state index >= 15 is 0 Å². The van der Waals surface area contributed by atoms with Crippen molar-refractivity contribution in [2.45, 2.75) is 65.9 Å². The van der Waals surface area contributed by atoms with Gasteiger partial charge in [-0.1, -0.05) is 20.8 Å². The number of aliphatic carboxylic acids is 1. The summed E-state index contributed by atoms with van der Waals surface area (Å²) in [4.78, 5) is 23.2. The molecule has 0 saturated heterocycles. The van der Waals surface area contributed by atoms with Crippen LogP contribution in [-0.4, -0.2) is 22.6 Å². The number of carbonyl (C=O) groups excluding carboxylic acids is 1. The maximum Gasteiger partial charge on any atom is 0.323 e. The number of carbonyl (C=O) groups is 2. The van der Waals surface area contributed by atoms with Crippen LogP contribution in [0.5, 0.6) is 0 Å². The van der Waals surface area contributed by atoms with Gasteiger partial charge in [-0.3, -0.25) is 9.59 Å². The van der Waals surface area contributed by atoms with Gasteiger partial charge in [-0.15, -0.1) is 0 Å². The van der Waals surface area contributed by atoms with Gasteiger partial charge in [-0.05, 0) is 39.5 Å². The lowest BCUT2D eigenvalue weighted by Crippen LogP contribution is -2.48. The molecule has 18 heavy (non-hydrogen) atoms. The molecule has 1 saturated carbocycles. The van der Waals surface area contributed by atoms with Gasteiger partial charge in [0.05, 0.1) is 0 Å². The second kappa shape index (κ2) is 4.56. The molecular formula is C14H24O4. The van der Waals surface area contributed by atoms with Crippen molar-refractivity contribution in [3.8, 4) is 0 Å². The highest BCUT2D eigenvalue weighted by atomic mass is 16.6. The van der Waals surface area contributed by atoms with E-state index < -0.39 is 23.0 Å². The fraction of sp³-hybridized carbons (Fsp3) is 0.857. The number of carboxylic acid groups (broad SMARTS) is 1. The second-order valence-electron chi connectivity index (χ2n) is 6.77. The third kappa shape index (κ3) is 2.52. The third-order valence-electron chi connectivity index (χ3n) is 4.11. The van der Waals surface area contributed by atoms with Crippen LogP contribution in [0.4, 0.5) is 0 Å². The van der Waals surface area contributed by atoms with Crippen LogP contribution in [-0.2, 0) is 14.3 Å². The Morgan fingerprint density at radius 3 is 1.83 bits per heavy atom. The Morgan fingerprint density at radius 2 is 1.50 bits per heavy atom. The maximum atomic E-state index is 12.1. The largest absolute Gasteiger partial charge is 0.480 e. The van der Waals surface area contributed by atoms with E-state index in [1.54, 1.807) is 0 Å². The Balaban J connectivity index is 2.94. The molecule has 0 aromatic rings. The van der Waals surface area contributed by atoms with Crippen LogP contribution in [0.3, 0.4) is 0 Å². The maximum absolute atomic E-state index is 12.1. The number of esters is 1. The molecule has 0 aliphatic heterocycles. The highest BCUT2D eigenvalue weighted by Gasteiger charge is 2.50. The van der Waals surface area contributed by atoms with Gasteiger partial charge in [0, 0.05) is 5.41 Å². The normalized spacial score (nSPS) is 19.6. The first-order valence-corrected chi connectivity index (χ1v) is 6.50. The molecule has 1 rings (SSSR count). The smallest absolute Gasteiger partial charge is 0.323 e. The molecule has 0 spiro atoms.